The smallest absolute Gasteiger partial charge is 0.0172 e. The summed E-state index contributed by atoms with van der Waals surface area (Å²) in [6.07, 6.45) is 2.74. The molecule has 1 aliphatic rings. The lowest BCUT2D eigenvalue weighted by atomic mass is 10.1. The Bertz CT molecular complexity index is 224. The maximum absolute atomic E-state index is 3.27. The lowest BCUT2D eigenvalue weighted by molar-refractivity contribution is 0.634. The summed E-state index contributed by atoms with van der Waals surface area (Å²) < 4.78 is 0. The highest BCUT2D eigenvalue weighted by Crippen LogP contribution is 2.49. The number of likely N-dealkylation sites (N-methyl/N-ethyl adjacent to an activating group) is 1. The summed E-state index contributed by atoms with van der Waals surface area (Å²) in [6, 6.07) is 4.41. The van der Waals surface area contributed by atoms with Crippen molar-refractivity contribution in [2.45, 2.75) is 18.3 Å². The lowest BCUT2D eigenvalue weighted by Crippen LogP contribution is -2.22. The third kappa shape index (κ3) is 1.21. The molecule has 1 saturated carbocycles. The lowest BCUT2D eigenvalue weighted by Gasteiger charge is -2.11. The number of hydrogen-bond donors (Lipinski definition) is 1. The van der Waals surface area contributed by atoms with Crippen LogP contribution in [0.15, 0.2) is 17.5 Å². The first kappa shape index (κ1) is 7.32. The van der Waals surface area contributed by atoms with Crippen molar-refractivity contribution in [1.82, 2.24) is 5.32 Å². The van der Waals surface area contributed by atoms with Gasteiger partial charge in [0.05, 0.1) is 0 Å². The number of rotatable bonds is 3. The number of thiophene rings is 1. The molecule has 1 N–H and O–H groups in total. The summed E-state index contributed by atoms with van der Waals surface area (Å²) in [5, 5.41) is 5.44. The van der Waals surface area contributed by atoms with Crippen molar-refractivity contribution >= 4 is 11.3 Å². The first-order valence-corrected chi connectivity index (χ1v) is 4.94. The van der Waals surface area contributed by atoms with Crippen LogP contribution < -0.4 is 5.32 Å². The third-order valence-electron chi connectivity index (χ3n) is 2.41. The number of hydrogen-bond acceptors (Lipinski definition) is 2. The second kappa shape index (κ2) is 2.61. The predicted molar refractivity (Wildman–Crippen MR) is 49.2 cm³/mol. The van der Waals surface area contributed by atoms with Crippen LogP contribution in [0.25, 0.3) is 0 Å². The van der Waals surface area contributed by atoms with E-state index in [1.807, 2.05) is 18.4 Å². The highest BCUT2D eigenvalue weighted by atomic mass is 32.1. The molecule has 1 nitrogen and oxygen atoms in total. The zero-order valence-electron chi connectivity index (χ0n) is 6.76. The Labute approximate surface area is 71.4 Å². The number of nitrogens with one attached hydrogen (secondary N) is 1. The maximum atomic E-state index is 3.27. The summed E-state index contributed by atoms with van der Waals surface area (Å²) in [4.78, 5) is 1.56. The van der Waals surface area contributed by atoms with Gasteiger partial charge >= 0.3 is 0 Å². The van der Waals surface area contributed by atoms with Crippen molar-refractivity contribution in [2.75, 3.05) is 13.6 Å². The van der Waals surface area contributed by atoms with Crippen LogP contribution in [0.3, 0.4) is 0 Å². The van der Waals surface area contributed by atoms with Crippen molar-refractivity contribution in [3.63, 3.8) is 0 Å². The molecule has 0 atom stereocenters. The first-order chi connectivity index (χ1) is 5.37. The van der Waals surface area contributed by atoms with Gasteiger partial charge in [0.15, 0.2) is 0 Å². The minimum Gasteiger partial charge on any atom is -0.319 e. The molecule has 0 aromatic carbocycles. The van der Waals surface area contributed by atoms with E-state index in [4.69, 9.17) is 0 Å². The van der Waals surface area contributed by atoms with E-state index in [9.17, 15) is 0 Å². The summed E-state index contributed by atoms with van der Waals surface area (Å²) in [6.45, 7) is 1.15. The Balaban J connectivity index is 2.15. The molecular formula is C9H13NS. The van der Waals surface area contributed by atoms with Gasteiger partial charge in [0.1, 0.15) is 0 Å². The largest absolute Gasteiger partial charge is 0.319 e. The molecule has 2 rings (SSSR count). The monoisotopic (exact) mass is 167 g/mol. The van der Waals surface area contributed by atoms with Gasteiger partial charge in [0, 0.05) is 16.8 Å². The summed E-state index contributed by atoms with van der Waals surface area (Å²) >= 11 is 1.89. The van der Waals surface area contributed by atoms with Crippen LogP contribution in [0.2, 0.25) is 0 Å². The standard InChI is InChI=1S/C9H13NS/c1-10-7-9(4-5-9)8-3-2-6-11-8/h2-3,6,10H,4-5,7H2,1H3. The fourth-order valence-corrected chi connectivity index (χ4v) is 2.57. The molecular weight excluding hydrogens is 154 g/mol. The van der Waals surface area contributed by atoms with Gasteiger partial charge in [0.25, 0.3) is 0 Å². The molecule has 0 saturated heterocycles. The zero-order chi connectivity index (χ0) is 7.73. The molecule has 60 valence electrons. The quantitative estimate of drug-likeness (QED) is 0.726. The van der Waals surface area contributed by atoms with E-state index >= 15 is 0 Å². The van der Waals surface area contributed by atoms with Crippen LogP contribution >= 0.6 is 11.3 Å². The van der Waals surface area contributed by atoms with Gasteiger partial charge in [-0.25, -0.2) is 0 Å². The Morgan fingerprint density at radius 2 is 2.45 bits per heavy atom. The topological polar surface area (TPSA) is 12.0 Å². The Hall–Kier alpha value is -0.340. The molecule has 0 aliphatic heterocycles. The van der Waals surface area contributed by atoms with Crippen molar-refractivity contribution < 1.29 is 0 Å². The SMILES string of the molecule is CNCC1(c2cccs2)CC1. The van der Waals surface area contributed by atoms with Gasteiger partial charge in [-0.3, -0.25) is 0 Å². The van der Waals surface area contributed by atoms with E-state index < -0.39 is 0 Å². The minimum absolute atomic E-state index is 0.531. The minimum atomic E-state index is 0.531. The van der Waals surface area contributed by atoms with Crippen molar-refractivity contribution in [3.8, 4) is 0 Å². The van der Waals surface area contributed by atoms with Gasteiger partial charge in [-0.05, 0) is 31.3 Å². The normalized spacial score (nSPS) is 20.1. The Kier molecular flexibility index (Phi) is 1.74. The summed E-state index contributed by atoms with van der Waals surface area (Å²) in [5.74, 6) is 0. The molecule has 0 unspecified atom stereocenters. The summed E-state index contributed by atoms with van der Waals surface area (Å²) in [7, 11) is 2.04. The van der Waals surface area contributed by atoms with Crippen LogP contribution in [0.4, 0.5) is 0 Å². The Morgan fingerprint density at radius 3 is 2.91 bits per heavy atom. The van der Waals surface area contributed by atoms with E-state index in [1.54, 1.807) is 4.88 Å². The molecule has 0 radical (unpaired) electrons. The van der Waals surface area contributed by atoms with E-state index in [0.717, 1.165) is 6.54 Å². The van der Waals surface area contributed by atoms with E-state index in [1.165, 1.54) is 12.8 Å². The Morgan fingerprint density at radius 1 is 1.64 bits per heavy atom. The average Bonchev–Trinajstić information content (AvgIpc) is 2.63. The molecule has 1 fully saturated rings. The molecule has 1 aromatic rings. The summed E-state index contributed by atoms with van der Waals surface area (Å²) in [5.41, 5.74) is 0.531. The second-order valence-electron chi connectivity index (χ2n) is 3.29. The van der Waals surface area contributed by atoms with Crippen molar-refractivity contribution in [1.29, 1.82) is 0 Å². The second-order valence-corrected chi connectivity index (χ2v) is 4.24. The molecule has 1 aromatic heterocycles. The molecule has 11 heavy (non-hydrogen) atoms. The first-order valence-electron chi connectivity index (χ1n) is 4.06. The van der Waals surface area contributed by atoms with Gasteiger partial charge in [-0.15, -0.1) is 11.3 Å². The molecule has 0 amide bonds. The fourth-order valence-electron chi connectivity index (χ4n) is 1.58. The average molecular weight is 167 g/mol. The van der Waals surface area contributed by atoms with Crippen LogP contribution in [0.5, 0.6) is 0 Å². The molecule has 1 aliphatic carbocycles. The van der Waals surface area contributed by atoms with Gasteiger partial charge < -0.3 is 5.32 Å². The van der Waals surface area contributed by atoms with E-state index in [0.29, 0.717) is 5.41 Å². The molecule has 2 heteroatoms. The maximum Gasteiger partial charge on any atom is 0.0172 e. The van der Waals surface area contributed by atoms with Crippen LogP contribution in [-0.2, 0) is 5.41 Å². The van der Waals surface area contributed by atoms with Crippen molar-refractivity contribution in [2.24, 2.45) is 0 Å². The zero-order valence-corrected chi connectivity index (χ0v) is 7.58. The molecule has 1 heterocycles. The van der Waals surface area contributed by atoms with Gasteiger partial charge in [-0.2, -0.15) is 0 Å². The third-order valence-corrected chi connectivity index (χ3v) is 3.53. The van der Waals surface area contributed by atoms with E-state index in [2.05, 4.69) is 22.8 Å². The highest BCUT2D eigenvalue weighted by Gasteiger charge is 2.44. The van der Waals surface area contributed by atoms with Gasteiger partial charge in [0.2, 0.25) is 0 Å². The van der Waals surface area contributed by atoms with Crippen LogP contribution in [0, 0.1) is 0 Å². The van der Waals surface area contributed by atoms with Crippen LogP contribution in [-0.4, -0.2) is 13.6 Å². The molecule has 0 spiro atoms. The van der Waals surface area contributed by atoms with Crippen LogP contribution in [0.1, 0.15) is 17.7 Å². The highest BCUT2D eigenvalue weighted by molar-refractivity contribution is 7.10. The molecule has 0 bridgehead atoms. The fraction of sp³-hybridized carbons (Fsp3) is 0.556. The predicted octanol–water partition coefficient (Wildman–Crippen LogP) is 2.00. The van der Waals surface area contributed by atoms with Gasteiger partial charge in [-0.1, -0.05) is 6.07 Å². The van der Waals surface area contributed by atoms with E-state index in [-0.39, 0.29) is 0 Å². The van der Waals surface area contributed by atoms with Crippen molar-refractivity contribution in [3.05, 3.63) is 22.4 Å².